The van der Waals surface area contributed by atoms with Crippen LogP contribution in [0.25, 0.3) is 33.6 Å². The lowest BCUT2D eigenvalue weighted by Crippen LogP contribution is -2.18. The molecule has 2 aromatic carbocycles. The van der Waals surface area contributed by atoms with Crippen molar-refractivity contribution in [3.63, 3.8) is 0 Å². The van der Waals surface area contributed by atoms with Crippen LogP contribution < -0.4 is 5.32 Å². The Bertz CT molecular complexity index is 1090. The molecule has 4 rings (SSSR count). The van der Waals surface area contributed by atoms with Crippen molar-refractivity contribution in [1.82, 2.24) is 10.3 Å². The molecule has 5 heteroatoms. The minimum atomic E-state index is -0.344. The summed E-state index contributed by atoms with van der Waals surface area (Å²) >= 11 is 0. The number of halogens is 1. The van der Waals surface area contributed by atoms with Crippen molar-refractivity contribution in [2.75, 3.05) is 7.05 Å². The summed E-state index contributed by atoms with van der Waals surface area (Å²) in [5, 5.41) is 3.34. The van der Waals surface area contributed by atoms with E-state index in [0.717, 1.165) is 11.3 Å². The van der Waals surface area contributed by atoms with E-state index in [-0.39, 0.29) is 11.7 Å². The van der Waals surface area contributed by atoms with Crippen LogP contribution in [-0.4, -0.2) is 17.9 Å². The molecule has 1 amide bonds. The van der Waals surface area contributed by atoms with E-state index in [9.17, 15) is 9.18 Å². The highest BCUT2D eigenvalue weighted by Gasteiger charge is 2.22. The minimum Gasteiger partial charge on any atom is -0.455 e. The number of fused-ring (bicyclic) bond motifs is 1. The summed E-state index contributed by atoms with van der Waals surface area (Å²) in [5.74, 6) is -0.192. The van der Waals surface area contributed by atoms with E-state index in [2.05, 4.69) is 10.3 Å². The van der Waals surface area contributed by atoms with Crippen LogP contribution in [0.4, 0.5) is 4.39 Å². The monoisotopic (exact) mass is 346 g/mol. The number of aromatic nitrogens is 1. The largest absolute Gasteiger partial charge is 0.455 e. The van der Waals surface area contributed by atoms with E-state index < -0.39 is 0 Å². The van der Waals surface area contributed by atoms with Crippen LogP contribution in [0, 0.1) is 5.82 Å². The van der Waals surface area contributed by atoms with Crippen LogP contribution in [-0.2, 0) is 0 Å². The van der Waals surface area contributed by atoms with Gasteiger partial charge in [-0.3, -0.25) is 9.78 Å². The number of hydrogen-bond acceptors (Lipinski definition) is 3. The molecule has 0 aliphatic rings. The molecule has 2 aromatic heterocycles. The third-order valence-corrected chi connectivity index (χ3v) is 4.21. The van der Waals surface area contributed by atoms with Crippen molar-refractivity contribution in [2.45, 2.75) is 0 Å². The van der Waals surface area contributed by atoms with Crippen LogP contribution in [0.3, 0.4) is 0 Å². The van der Waals surface area contributed by atoms with Gasteiger partial charge in [0, 0.05) is 29.8 Å². The molecular weight excluding hydrogens is 331 g/mol. The number of benzene rings is 2. The van der Waals surface area contributed by atoms with Gasteiger partial charge in [0.15, 0.2) is 0 Å². The average molecular weight is 346 g/mol. The fraction of sp³-hybridized carbons (Fsp3) is 0.0476. The first-order valence-corrected chi connectivity index (χ1v) is 8.13. The maximum Gasteiger partial charge on any atom is 0.255 e. The van der Waals surface area contributed by atoms with Gasteiger partial charge >= 0.3 is 0 Å². The number of carbonyl (C=O) groups excluding carboxylic acids is 1. The topological polar surface area (TPSA) is 55.1 Å². The molecule has 0 radical (unpaired) electrons. The molecule has 1 N–H and O–H groups in total. The quantitative estimate of drug-likeness (QED) is 0.587. The fourth-order valence-electron chi connectivity index (χ4n) is 2.95. The Morgan fingerprint density at radius 3 is 2.50 bits per heavy atom. The molecule has 0 unspecified atom stereocenters. The smallest absolute Gasteiger partial charge is 0.255 e. The molecule has 128 valence electrons. The normalized spacial score (nSPS) is 10.8. The van der Waals surface area contributed by atoms with Gasteiger partial charge in [-0.2, -0.15) is 0 Å². The summed E-state index contributed by atoms with van der Waals surface area (Å²) in [7, 11) is 1.57. The van der Waals surface area contributed by atoms with Crippen molar-refractivity contribution < 1.29 is 13.6 Å². The highest BCUT2D eigenvalue weighted by molar-refractivity contribution is 6.11. The van der Waals surface area contributed by atoms with Gasteiger partial charge in [0.1, 0.15) is 17.2 Å². The minimum absolute atomic E-state index is 0.263. The van der Waals surface area contributed by atoms with E-state index in [0.29, 0.717) is 27.9 Å². The first-order chi connectivity index (χ1) is 12.7. The molecule has 0 bridgehead atoms. The highest BCUT2D eigenvalue weighted by Crippen LogP contribution is 2.35. The zero-order valence-corrected chi connectivity index (χ0v) is 14.0. The lowest BCUT2D eigenvalue weighted by atomic mass is 10.0. The van der Waals surface area contributed by atoms with Crippen LogP contribution in [0.1, 0.15) is 10.4 Å². The Kier molecular flexibility index (Phi) is 3.97. The molecule has 0 fully saturated rings. The van der Waals surface area contributed by atoms with Crippen LogP contribution in [0.15, 0.2) is 71.3 Å². The summed E-state index contributed by atoms with van der Waals surface area (Å²) in [6.07, 6.45) is 1.72. The number of amides is 1. The molecular formula is C21H15FN2O2. The SMILES string of the molecule is CNC(=O)c1c(-c2ccc(F)cc2)oc2ccc(-c3ccccn3)cc12. The molecule has 2 heterocycles. The maximum atomic E-state index is 13.3. The average Bonchev–Trinajstić information content (AvgIpc) is 3.07. The summed E-state index contributed by atoms with van der Waals surface area (Å²) in [6.45, 7) is 0. The standard InChI is InChI=1S/C21H15FN2O2/c1-23-21(25)19-16-12-14(17-4-2-3-11-24-17)7-10-18(16)26-20(19)13-5-8-15(22)9-6-13/h2-12H,1H3,(H,23,25). The van der Waals surface area contributed by atoms with E-state index in [4.69, 9.17) is 4.42 Å². The maximum absolute atomic E-state index is 13.3. The zero-order chi connectivity index (χ0) is 18.1. The van der Waals surface area contributed by atoms with Crippen LogP contribution in [0.5, 0.6) is 0 Å². The van der Waals surface area contributed by atoms with Crippen molar-refractivity contribution in [1.29, 1.82) is 0 Å². The number of hydrogen-bond donors (Lipinski definition) is 1. The first kappa shape index (κ1) is 16.0. The highest BCUT2D eigenvalue weighted by atomic mass is 19.1. The van der Waals surface area contributed by atoms with E-state index in [1.54, 1.807) is 25.4 Å². The molecule has 0 saturated heterocycles. The Balaban J connectivity index is 1.95. The third kappa shape index (κ3) is 2.73. The van der Waals surface area contributed by atoms with Crippen molar-refractivity contribution in [3.8, 4) is 22.6 Å². The Labute approximate surface area is 149 Å². The summed E-state index contributed by atoms with van der Waals surface area (Å²) in [6, 6.07) is 17.1. The molecule has 0 spiro atoms. The molecule has 0 aliphatic heterocycles. The van der Waals surface area contributed by atoms with Crippen LogP contribution >= 0.6 is 0 Å². The van der Waals surface area contributed by atoms with Gasteiger partial charge in [-0.15, -0.1) is 0 Å². The van der Waals surface area contributed by atoms with Crippen molar-refractivity contribution in [2.24, 2.45) is 0 Å². The number of nitrogens with zero attached hydrogens (tertiary/aromatic N) is 1. The predicted octanol–water partition coefficient (Wildman–Crippen LogP) is 4.66. The third-order valence-electron chi connectivity index (χ3n) is 4.21. The number of carbonyl (C=O) groups is 1. The molecule has 0 atom stereocenters. The van der Waals surface area contributed by atoms with Gasteiger partial charge in [0.25, 0.3) is 5.91 Å². The lowest BCUT2D eigenvalue weighted by molar-refractivity contribution is 0.0964. The van der Waals surface area contributed by atoms with E-state index in [1.165, 1.54) is 12.1 Å². The summed E-state index contributed by atoms with van der Waals surface area (Å²) in [4.78, 5) is 16.9. The van der Waals surface area contributed by atoms with Crippen molar-refractivity contribution in [3.05, 3.63) is 78.2 Å². The molecule has 0 aliphatic carbocycles. The number of nitrogens with one attached hydrogen (secondary N) is 1. The van der Waals surface area contributed by atoms with Gasteiger partial charge in [-0.25, -0.2) is 4.39 Å². The molecule has 26 heavy (non-hydrogen) atoms. The molecule has 4 nitrogen and oxygen atoms in total. The van der Waals surface area contributed by atoms with E-state index in [1.807, 2.05) is 36.4 Å². The Hall–Kier alpha value is -3.47. The van der Waals surface area contributed by atoms with E-state index >= 15 is 0 Å². The van der Waals surface area contributed by atoms with Crippen LogP contribution in [0.2, 0.25) is 0 Å². The summed E-state index contributed by atoms with van der Waals surface area (Å²) < 4.78 is 19.2. The zero-order valence-electron chi connectivity index (χ0n) is 14.0. The number of pyridine rings is 1. The first-order valence-electron chi connectivity index (χ1n) is 8.13. The van der Waals surface area contributed by atoms with Gasteiger partial charge in [-0.05, 0) is 54.6 Å². The second-order valence-corrected chi connectivity index (χ2v) is 5.82. The molecule has 4 aromatic rings. The fourth-order valence-corrected chi connectivity index (χ4v) is 2.95. The van der Waals surface area contributed by atoms with Gasteiger partial charge in [-0.1, -0.05) is 6.07 Å². The van der Waals surface area contributed by atoms with Crippen molar-refractivity contribution >= 4 is 16.9 Å². The lowest BCUT2D eigenvalue weighted by Gasteiger charge is -2.03. The van der Waals surface area contributed by atoms with Gasteiger partial charge in [0.2, 0.25) is 0 Å². The second-order valence-electron chi connectivity index (χ2n) is 5.82. The number of furan rings is 1. The molecule has 0 saturated carbocycles. The van der Waals surface area contributed by atoms with Gasteiger partial charge in [0.05, 0.1) is 11.3 Å². The predicted molar refractivity (Wildman–Crippen MR) is 98.2 cm³/mol. The Morgan fingerprint density at radius 1 is 1.04 bits per heavy atom. The summed E-state index contributed by atoms with van der Waals surface area (Å²) in [5.41, 5.74) is 3.34. The Morgan fingerprint density at radius 2 is 1.81 bits per heavy atom. The second kappa shape index (κ2) is 6.44. The van der Waals surface area contributed by atoms with Gasteiger partial charge < -0.3 is 9.73 Å². The number of rotatable bonds is 3.